The zero-order valence-electron chi connectivity index (χ0n) is 11.8. The van der Waals surface area contributed by atoms with Gasteiger partial charge in [-0.05, 0) is 19.8 Å². The monoisotopic (exact) mass is 280 g/mol. The molecule has 0 saturated heterocycles. The molecule has 1 fully saturated rings. The zero-order chi connectivity index (χ0) is 14.7. The van der Waals surface area contributed by atoms with Gasteiger partial charge in [0.2, 0.25) is 5.91 Å². The van der Waals surface area contributed by atoms with Crippen molar-refractivity contribution in [3.63, 3.8) is 0 Å². The molecule has 7 nitrogen and oxygen atoms in total. The molecule has 1 aromatic heterocycles. The van der Waals surface area contributed by atoms with Crippen LogP contribution in [0.15, 0.2) is 0 Å². The normalized spacial score (nSPS) is 22.5. The van der Waals surface area contributed by atoms with E-state index in [2.05, 4.69) is 15.2 Å². The number of rotatable bonds is 4. The summed E-state index contributed by atoms with van der Waals surface area (Å²) in [5, 5.41) is 15.9. The van der Waals surface area contributed by atoms with Gasteiger partial charge < -0.3 is 10.0 Å². The second-order valence-corrected chi connectivity index (χ2v) is 5.37. The first-order chi connectivity index (χ1) is 9.49. The Morgan fingerprint density at radius 3 is 2.55 bits per heavy atom. The van der Waals surface area contributed by atoms with Gasteiger partial charge in [0.15, 0.2) is 5.82 Å². The van der Waals surface area contributed by atoms with Gasteiger partial charge in [-0.3, -0.25) is 14.7 Å². The van der Waals surface area contributed by atoms with Crippen molar-refractivity contribution in [3.8, 4) is 0 Å². The molecule has 1 aliphatic rings. The summed E-state index contributed by atoms with van der Waals surface area (Å²) in [6.07, 6.45) is 3.02. The Morgan fingerprint density at radius 1 is 1.35 bits per heavy atom. The third-order valence-corrected chi connectivity index (χ3v) is 3.80. The van der Waals surface area contributed by atoms with Crippen LogP contribution in [0.25, 0.3) is 0 Å². The van der Waals surface area contributed by atoms with Crippen molar-refractivity contribution in [1.82, 2.24) is 20.1 Å². The van der Waals surface area contributed by atoms with Crippen molar-refractivity contribution < 1.29 is 14.7 Å². The Labute approximate surface area is 117 Å². The summed E-state index contributed by atoms with van der Waals surface area (Å²) in [6, 6.07) is 0. The first kappa shape index (κ1) is 14.5. The number of amides is 1. The molecule has 1 saturated carbocycles. The molecule has 0 unspecified atom stereocenters. The predicted molar refractivity (Wildman–Crippen MR) is 70.7 cm³/mol. The Bertz CT molecular complexity index is 500. The van der Waals surface area contributed by atoms with E-state index in [9.17, 15) is 14.7 Å². The second kappa shape index (κ2) is 6.02. The van der Waals surface area contributed by atoms with Crippen LogP contribution in [-0.2, 0) is 16.1 Å². The van der Waals surface area contributed by atoms with E-state index >= 15 is 0 Å². The maximum Gasteiger partial charge on any atom is 0.307 e. The molecular weight excluding hydrogens is 260 g/mol. The first-order valence-corrected chi connectivity index (χ1v) is 6.84. The number of nitrogens with one attached hydrogen (secondary N) is 1. The first-order valence-electron chi connectivity index (χ1n) is 6.84. The molecular formula is C13H20N4O3. The minimum absolute atomic E-state index is 0.125. The van der Waals surface area contributed by atoms with Crippen LogP contribution in [0.4, 0.5) is 0 Å². The number of carboxylic acids is 1. The average molecular weight is 280 g/mol. The number of carbonyl (C=O) groups excluding carboxylic acids is 1. The summed E-state index contributed by atoms with van der Waals surface area (Å²) in [6.45, 7) is 2.09. The molecule has 2 rings (SSSR count). The van der Waals surface area contributed by atoms with Gasteiger partial charge in [0.05, 0.1) is 18.4 Å². The fourth-order valence-corrected chi connectivity index (χ4v) is 2.75. The predicted octanol–water partition coefficient (Wildman–Crippen LogP) is 0.963. The van der Waals surface area contributed by atoms with Gasteiger partial charge in [-0.15, -0.1) is 0 Å². The molecule has 0 aliphatic heterocycles. The summed E-state index contributed by atoms with van der Waals surface area (Å²) in [5.41, 5.74) is 0. The number of hydrogen-bond donors (Lipinski definition) is 2. The lowest BCUT2D eigenvalue weighted by Crippen LogP contribution is -2.40. The Balaban J connectivity index is 2.02. The van der Waals surface area contributed by atoms with E-state index in [1.54, 1.807) is 14.0 Å². The number of carbonyl (C=O) groups is 2. The van der Waals surface area contributed by atoms with Crippen molar-refractivity contribution >= 4 is 11.9 Å². The molecule has 0 bridgehead atoms. The van der Waals surface area contributed by atoms with Gasteiger partial charge in [-0.2, -0.15) is 5.10 Å². The third-order valence-electron chi connectivity index (χ3n) is 3.80. The molecule has 1 amide bonds. The SMILES string of the molecule is Cc1nc(CN(C)C(=O)[C@@H]2CCCC[C@@H]2C(=O)O)n[nH]1. The Kier molecular flexibility index (Phi) is 4.36. The molecule has 110 valence electrons. The largest absolute Gasteiger partial charge is 0.481 e. The van der Waals surface area contributed by atoms with Crippen LogP contribution in [0.5, 0.6) is 0 Å². The molecule has 0 radical (unpaired) electrons. The number of aromatic amines is 1. The van der Waals surface area contributed by atoms with Gasteiger partial charge in [0, 0.05) is 7.05 Å². The number of aromatic nitrogens is 3. The van der Waals surface area contributed by atoms with E-state index in [0.717, 1.165) is 12.8 Å². The minimum Gasteiger partial charge on any atom is -0.481 e. The fraction of sp³-hybridized carbons (Fsp3) is 0.692. The van der Waals surface area contributed by atoms with E-state index in [1.807, 2.05) is 0 Å². The van der Waals surface area contributed by atoms with Gasteiger partial charge in [0.1, 0.15) is 5.82 Å². The van der Waals surface area contributed by atoms with E-state index in [1.165, 1.54) is 4.90 Å². The van der Waals surface area contributed by atoms with Crippen molar-refractivity contribution in [1.29, 1.82) is 0 Å². The van der Waals surface area contributed by atoms with Crippen LogP contribution >= 0.6 is 0 Å². The van der Waals surface area contributed by atoms with Crippen LogP contribution in [0, 0.1) is 18.8 Å². The van der Waals surface area contributed by atoms with E-state index in [4.69, 9.17) is 0 Å². The summed E-state index contributed by atoms with van der Waals surface area (Å²) in [7, 11) is 1.67. The molecule has 1 aromatic rings. The zero-order valence-corrected chi connectivity index (χ0v) is 11.8. The average Bonchev–Trinajstić information content (AvgIpc) is 2.83. The highest BCUT2D eigenvalue weighted by molar-refractivity contribution is 5.84. The summed E-state index contributed by atoms with van der Waals surface area (Å²) in [5.74, 6) is -0.744. The van der Waals surface area contributed by atoms with Crippen molar-refractivity contribution in [2.24, 2.45) is 11.8 Å². The summed E-state index contributed by atoms with van der Waals surface area (Å²) >= 11 is 0. The molecule has 2 atom stereocenters. The molecule has 7 heteroatoms. The van der Waals surface area contributed by atoms with E-state index < -0.39 is 17.8 Å². The highest BCUT2D eigenvalue weighted by Crippen LogP contribution is 2.31. The van der Waals surface area contributed by atoms with Gasteiger partial charge in [-0.1, -0.05) is 12.8 Å². The smallest absolute Gasteiger partial charge is 0.307 e. The van der Waals surface area contributed by atoms with Crippen molar-refractivity contribution in [2.75, 3.05) is 7.05 Å². The summed E-state index contributed by atoms with van der Waals surface area (Å²) in [4.78, 5) is 29.4. The molecule has 0 spiro atoms. The van der Waals surface area contributed by atoms with Crippen LogP contribution in [0.1, 0.15) is 37.3 Å². The fourth-order valence-electron chi connectivity index (χ4n) is 2.75. The van der Waals surface area contributed by atoms with Crippen molar-refractivity contribution in [2.45, 2.75) is 39.2 Å². The van der Waals surface area contributed by atoms with Crippen LogP contribution in [0.3, 0.4) is 0 Å². The number of carboxylic acid groups (broad SMARTS) is 1. The number of aliphatic carboxylic acids is 1. The quantitative estimate of drug-likeness (QED) is 0.856. The maximum atomic E-state index is 12.4. The van der Waals surface area contributed by atoms with Crippen LogP contribution in [0.2, 0.25) is 0 Å². The molecule has 1 heterocycles. The maximum absolute atomic E-state index is 12.4. The van der Waals surface area contributed by atoms with E-state index in [-0.39, 0.29) is 5.91 Å². The topological polar surface area (TPSA) is 99.2 Å². The second-order valence-electron chi connectivity index (χ2n) is 5.37. The van der Waals surface area contributed by atoms with Crippen LogP contribution < -0.4 is 0 Å². The van der Waals surface area contributed by atoms with Gasteiger partial charge >= 0.3 is 5.97 Å². The lowest BCUT2D eigenvalue weighted by Gasteiger charge is -2.30. The number of aryl methyl sites for hydroxylation is 1. The number of nitrogens with zero attached hydrogens (tertiary/aromatic N) is 3. The lowest BCUT2D eigenvalue weighted by atomic mass is 9.78. The molecule has 20 heavy (non-hydrogen) atoms. The number of H-pyrrole nitrogens is 1. The summed E-state index contributed by atoms with van der Waals surface area (Å²) < 4.78 is 0. The Hall–Kier alpha value is -1.92. The molecule has 1 aliphatic carbocycles. The highest BCUT2D eigenvalue weighted by atomic mass is 16.4. The van der Waals surface area contributed by atoms with Crippen LogP contribution in [-0.4, -0.2) is 44.1 Å². The molecule has 2 N–H and O–H groups in total. The van der Waals surface area contributed by atoms with E-state index in [0.29, 0.717) is 31.0 Å². The molecule has 0 aromatic carbocycles. The van der Waals surface area contributed by atoms with Gasteiger partial charge in [-0.25, -0.2) is 4.98 Å². The minimum atomic E-state index is -0.870. The highest BCUT2D eigenvalue weighted by Gasteiger charge is 2.37. The van der Waals surface area contributed by atoms with Crippen molar-refractivity contribution in [3.05, 3.63) is 11.6 Å². The standard InChI is InChI=1S/C13H20N4O3/c1-8-14-11(16-15-8)7-17(2)12(18)9-5-3-4-6-10(9)13(19)20/h9-10H,3-7H2,1-2H3,(H,19,20)(H,14,15,16)/t9-,10+/m1/s1. The lowest BCUT2D eigenvalue weighted by molar-refractivity contribution is -0.152. The Morgan fingerprint density at radius 2 is 2.00 bits per heavy atom. The number of hydrogen-bond acceptors (Lipinski definition) is 4. The third kappa shape index (κ3) is 3.15. The van der Waals surface area contributed by atoms with Gasteiger partial charge in [0.25, 0.3) is 0 Å².